The summed E-state index contributed by atoms with van der Waals surface area (Å²) in [7, 11) is -3.52. The third-order valence-corrected chi connectivity index (χ3v) is 7.23. The highest BCUT2D eigenvalue weighted by molar-refractivity contribution is 7.89. The lowest BCUT2D eigenvalue weighted by atomic mass is 10.2. The number of carbonyl (C=O) groups is 1. The monoisotopic (exact) mass is 411 g/mol. The van der Waals surface area contributed by atoms with E-state index < -0.39 is 10.0 Å². The molecule has 0 spiro atoms. The van der Waals surface area contributed by atoms with Crippen LogP contribution in [-0.2, 0) is 16.6 Å². The number of nitrogens with zero attached hydrogens (tertiary/aromatic N) is 1. The number of carbonyl (C=O) groups excluding carboxylic acids is 1. The molecule has 0 atom stereocenters. The lowest BCUT2D eigenvalue weighted by molar-refractivity contribution is 0.0946. The Morgan fingerprint density at radius 3 is 2.41 bits per heavy atom. The molecule has 1 fully saturated rings. The molecule has 0 bridgehead atoms. The van der Waals surface area contributed by atoms with Crippen molar-refractivity contribution in [1.29, 1.82) is 0 Å². The number of fused-ring (bicyclic) bond motifs is 1. The van der Waals surface area contributed by atoms with E-state index in [0.717, 1.165) is 36.8 Å². The van der Waals surface area contributed by atoms with Crippen LogP contribution in [0.1, 0.15) is 41.7 Å². The third-order valence-electron chi connectivity index (χ3n) is 5.34. The van der Waals surface area contributed by atoms with Gasteiger partial charge in [0.05, 0.1) is 4.90 Å². The quantitative estimate of drug-likeness (QED) is 0.672. The molecule has 1 aliphatic heterocycles. The number of nitrogens with one attached hydrogen (secondary N) is 2. The average molecular weight is 412 g/mol. The van der Waals surface area contributed by atoms with E-state index in [2.05, 4.69) is 10.3 Å². The minimum Gasteiger partial charge on any atom is -0.351 e. The zero-order valence-corrected chi connectivity index (χ0v) is 17.0. The Morgan fingerprint density at radius 1 is 0.966 bits per heavy atom. The molecule has 152 valence electrons. The summed E-state index contributed by atoms with van der Waals surface area (Å²) in [4.78, 5) is 15.8. The maximum atomic E-state index is 13.0. The van der Waals surface area contributed by atoms with Gasteiger partial charge in [-0.3, -0.25) is 4.79 Å². The normalized spacial score (nSPS) is 15.9. The molecule has 1 saturated heterocycles. The number of hydrogen-bond donors (Lipinski definition) is 2. The van der Waals surface area contributed by atoms with Crippen LogP contribution in [0.2, 0.25) is 0 Å². The Labute approximate surface area is 171 Å². The van der Waals surface area contributed by atoms with E-state index in [1.54, 1.807) is 28.6 Å². The zero-order chi connectivity index (χ0) is 20.3. The van der Waals surface area contributed by atoms with Gasteiger partial charge in [-0.15, -0.1) is 0 Å². The lowest BCUT2D eigenvalue weighted by Crippen LogP contribution is -2.31. The van der Waals surface area contributed by atoms with E-state index in [-0.39, 0.29) is 10.8 Å². The molecule has 7 heteroatoms. The largest absolute Gasteiger partial charge is 0.351 e. The SMILES string of the molecule is O=C(NCc1ccccc1)c1cc2cc(S(=O)(=O)N3CCCCCC3)ccc2[nH]1. The first kappa shape index (κ1) is 19.7. The molecule has 1 aromatic heterocycles. The molecule has 1 amide bonds. The van der Waals surface area contributed by atoms with E-state index in [9.17, 15) is 13.2 Å². The van der Waals surface area contributed by atoms with Crippen LogP contribution < -0.4 is 5.32 Å². The summed E-state index contributed by atoms with van der Waals surface area (Å²) in [6, 6.07) is 16.4. The first-order valence-corrected chi connectivity index (χ1v) is 11.4. The van der Waals surface area contributed by atoms with Crippen LogP contribution in [0.15, 0.2) is 59.5 Å². The van der Waals surface area contributed by atoms with E-state index >= 15 is 0 Å². The van der Waals surface area contributed by atoms with Crippen molar-refractivity contribution in [3.05, 3.63) is 65.9 Å². The van der Waals surface area contributed by atoms with E-state index in [1.165, 1.54) is 0 Å². The van der Waals surface area contributed by atoms with E-state index in [1.807, 2.05) is 30.3 Å². The molecule has 2 aromatic carbocycles. The van der Waals surface area contributed by atoms with Gasteiger partial charge in [0.1, 0.15) is 5.69 Å². The van der Waals surface area contributed by atoms with Crippen LogP contribution in [0.25, 0.3) is 10.9 Å². The van der Waals surface area contributed by atoms with Crippen LogP contribution in [-0.4, -0.2) is 36.7 Å². The number of sulfonamides is 1. The number of H-pyrrole nitrogens is 1. The van der Waals surface area contributed by atoms with Crippen molar-refractivity contribution in [2.24, 2.45) is 0 Å². The minimum atomic E-state index is -3.52. The molecule has 2 N–H and O–H groups in total. The predicted octanol–water partition coefficient (Wildman–Crippen LogP) is 3.66. The van der Waals surface area contributed by atoms with Crippen molar-refractivity contribution in [2.75, 3.05) is 13.1 Å². The summed E-state index contributed by atoms with van der Waals surface area (Å²) in [5, 5.41) is 3.60. The predicted molar refractivity (Wildman–Crippen MR) is 113 cm³/mol. The Morgan fingerprint density at radius 2 is 1.69 bits per heavy atom. The second-order valence-electron chi connectivity index (χ2n) is 7.42. The van der Waals surface area contributed by atoms with Crippen LogP contribution >= 0.6 is 0 Å². The molecule has 0 radical (unpaired) electrons. The Kier molecular flexibility index (Phi) is 5.69. The molecule has 29 heavy (non-hydrogen) atoms. The Balaban J connectivity index is 1.53. The highest BCUT2D eigenvalue weighted by atomic mass is 32.2. The molecule has 2 heterocycles. The first-order valence-electron chi connectivity index (χ1n) is 9.99. The number of aromatic amines is 1. The van der Waals surface area contributed by atoms with Gasteiger partial charge in [-0.05, 0) is 42.7 Å². The number of benzene rings is 2. The maximum absolute atomic E-state index is 13.0. The molecule has 0 unspecified atom stereocenters. The lowest BCUT2D eigenvalue weighted by Gasteiger charge is -2.19. The van der Waals surface area contributed by atoms with Gasteiger partial charge in [-0.25, -0.2) is 8.42 Å². The average Bonchev–Trinajstić information content (AvgIpc) is 2.97. The standard InChI is InChI=1S/C22H25N3O3S/c26-22(23-16-17-8-4-3-5-9-17)21-15-18-14-19(10-11-20(18)24-21)29(27,28)25-12-6-1-2-7-13-25/h3-5,8-11,14-15,24H,1-2,6-7,12-13,16H2,(H,23,26). The molecule has 3 aromatic rings. The van der Waals surface area contributed by atoms with E-state index in [0.29, 0.717) is 30.7 Å². The van der Waals surface area contributed by atoms with Gasteiger partial charge in [0, 0.05) is 30.5 Å². The summed E-state index contributed by atoms with van der Waals surface area (Å²) >= 11 is 0. The van der Waals surface area contributed by atoms with Crippen molar-refractivity contribution in [3.8, 4) is 0 Å². The van der Waals surface area contributed by atoms with Crippen LogP contribution in [0.5, 0.6) is 0 Å². The topological polar surface area (TPSA) is 82.3 Å². The Hall–Kier alpha value is -2.64. The fraction of sp³-hybridized carbons (Fsp3) is 0.318. The van der Waals surface area contributed by atoms with Gasteiger partial charge in [0.25, 0.3) is 5.91 Å². The van der Waals surface area contributed by atoms with Crippen molar-refractivity contribution in [2.45, 2.75) is 37.1 Å². The van der Waals surface area contributed by atoms with Gasteiger partial charge in [-0.2, -0.15) is 4.31 Å². The minimum absolute atomic E-state index is 0.220. The molecule has 1 aliphatic rings. The second-order valence-corrected chi connectivity index (χ2v) is 9.36. The molecular formula is C22H25N3O3S. The van der Waals surface area contributed by atoms with Crippen molar-refractivity contribution in [3.63, 3.8) is 0 Å². The summed E-state index contributed by atoms with van der Waals surface area (Å²) in [5.74, 6) is -0.220. The fourth-order valence-corrected chi connectivity index (χ4v) is 5.25. The number of rotatable bonds is 5. The second kappa shape index (κ2) is 8.39. The van der Waals surface area contributed by atoms with Gasteiger partial charge in [0.15, 0.2) is 0 Å². The summed E-state index contributed by atoms with van der Waals surface area (Å²) in [6.07, 6.45) is 3.95. The van der Waals surface area contributed by atoms with Crippen LogP contribution in [0.3, 0.4) is 0 Å². The first-order chi connectivity index (χ1) is 14.0. The summed E-state index contributed by atoms with van der Waals surface area (Å²) in [6.45, 7) is 1.57. The number of hydrogen-bond acceptors (Lipinski definition) is 3. The maximum Gasteiger partial charge on any atom is 0.267 e. The molecule has 0 saturated carbocycles. The summed E-state index contributed by atoms with van der Waals surface area (Å²) in [5.41, 5.74) is 2.17. The van der Waals surface area contributed by atoms with Gasteiger partial charge in [-0.1, -0.05) is 43.2 Å². The smallest absolute Gasteiger partial charge is 0.267 e. The molecule has 6 nitrogen and oxygen atoms in total. The van der Waals surface area contributed by atoms with Crippen molar-refractivity contribution in [1.82, 2.24) is 14.6 Å². The van der Waals surface area contributed by atoms with Gasteiger partial charge >= 0.3 is 0 Å². The molecule has 4 rings (SSSR count). The molecular weight excluding hydrogens is 386 g/mol. The third kappa shape index (κ3) is 4.36. The Bertz CT molecular complexity index is 1100. The summed E-state index contributed by atoms with van der Waals surface area (Å²) < 4.78 is 27.6. The van der Waals surface area contributed by atoms with Crippen LogP contribution in [0, 0.1) is 0 Å². The van der Waals surface area contributed by atoms with Crippen molar-refractivity contribution < 1.29 is 13.2 Å². The van der Waals surface area contributed by atoms with Gasteiger partial charge < -0.3 is 10.3 Å². The number of amides is 1. The fourth-order valence-electron chi connectivity index (χ4n) is 3.70. The highest BCUT2D eigenvalue weighted by Crippen LogP contribution is 2.24. The zero-order valence-electron chi connectivity index (χ0n) is 16.2. The van der Waals surface area contributed by atoms with Crippen LogP contribution in [0.4, 0.5) is 0 Å². The van der Waals surface area contributed by atoms with E-state index in [4.69, 9.17) is 0 Å². The molecule has 0 aliphatic carbocycles. The van der Waals surface area contributed by atoms with Crippen molar-refractivity contribution >= 4 is 26.8 Å². The number of aromatic nitrogens is 1. The highest BCUT2D eigenvalue weighted by Gasteiger charge is 2.25. The van der Waals surface area contributed by atoms with Gasteiger partial charge in [0.2, 0.25) is 10.0 Å².